The van der Waals surface area contributed by atoms with Gasteiger partial charge in [-0.25, -0.2) is 4.79 Å². The maximum absolute atomic E-state index is 12.1. The summed E-state index contributed by atoms with van der Waals surface area (Å²) < 4.78 is 5.18. The molecular weight excluding hydrogens is 258 g/mol. The van der Waals surface area contributed by atoms with Crippen molar-refractivity contribution in [3.05, 3.63) is 35.4 Å². The Bertz CT molecular complexity index is 506. The van der Waals surface area contributed by atoms with Crippen LogP contribution in [0.1, 0.15) is 24.0 Å². The minimum atomic E-state index is -1.18. The van der Waals surface area contributed by atoms with Gasteiger partial charge >= 0.3 is 5.97 Å². The van der Waals surface area contributed by atoms with Gasteiger partial charge in [-0.3, -0.25) is 4.79 Å². The van der Waals surface area contributed by atoms with Crippen LogP contribution in [-0.4, -0.2) is 35.7 Å². The van der Waals surface area contributed by atoms with E-state index in [1.54, 1.807) is 0 Å². The van der Waals surface area contributed by atoms with Gasteiger partial charge in [0, 0.05) is 26.1 Å². The molecular formula is C15H19NO4. The molecule has 0 aromatic heterocycles. The molecule has 5 nitrogen and oxygen atoms in total. The highest BCUT2D eigenvalue weighted by Gasteiger charge is 2.41. The summed E-state index contributed by atoms with van der Waals surface area (Å²) in [6.45, 7) is 2.67. The van der Waals surface area contributed by atoms with Gasteiger partial charge in [0.25, 0.3) is 0 Å². The van der Waals surface area contributed by atoms with E-state index in [2.05, 4.69) is 5.32 Å². The zero-order valence-corrected chi connectivity index (χ0v) is 11.5. The van der Waals surface area contributed by atoms with Crippen molar-refractivity contribution in [2.75, 3.05) is 13.2 Å². The summed E-state index contributed by atoms with van der Waals surface area (Å²) in [5.41, 5.74) is 0.781. The second kappa shape index (κ2) is 6.05. The van der Waals surface area contributed by atoms with E-state index < -0.39 is 11.5 Å². The maximum Gasteiger partial charge on any atom is 0.329 e. The highest BCUT2D eigenvalue weighted by molar-refractivity contribution is 5.88. The van der Waals surface area contributed by atoms with Crippen LogP contribution in [-0.2, 0) is 20.7 Å². The molecule has 1 aromatic carbocycles. The molecule has 0 unspecified atom stereocenters. The number of carbonyl (C=O) groups excluding carboxylic acids is 1. The number of hydrogen-bond donors (Lipinski definition) is 2. The third-order valence-electron chi connectivity index (χ3n) is 3.58. The van der Waals surface area contributed by atoms with Crippen molar-refractivity contribution < 1.29 is 19.4 Å². The molecule has 0 aliphatic carbocycles. The first-order valence-corrected chi connectivity index (χ1v) is 6.69. The van der Waals surface area contributed by atoms with E-state index >= 15 is 0 Å². The SMILES string of the molecule is Cc1cccc(CC(=O)NC2(C(=O)O)CCOCC2)c1. The molecule has 0 spiro atoms. The highest BCUT2D eigenvalue weighted by Crippen LogP contribution is 2.21. The van der Waals surface area contributed by atoms with Crippen molar-refractivity contribution in [3.63, 3.8) is 0 Å². The second-order valence-corrected chi connectivity index (χ2v) is 5.21. The van der Waals surface area contributed by atoms with Crippen molar-refractivity contribution >= 4 is 11.9 Å². The van der Waals surface area contributed by atoms with E-state index in [1.807, 2.05) is 31.2 Å². The number of nitrogens with one attached hydrogen (secondary N) is 1. The van der Waals surface area contributed by atoms with Gasteiger partial charge in [0.15, 0.2) is 0 Å². The molecule has 1 saturated heterocycles. The van der Waals surface area contributed by atoms with Crippen molar-refractivity contribution in [3.8, 4) is 0 Å². The zero-order valence-electron chi connectivity index (χ0n) is 11.5. The van der Waals surface area contributed by atoms with E-state index in [0.29, 0.717) is 26.1 Å². The smallest absolute Gasteiger partial charge is 0.329 e. The lowest BCUT2D eigenvalue weighted by atomic mass is 9.89. The number of carbonyl (C=O) groups is 2. The molecule has 0 saturated carbocycles. The number of benzene rings is 1. The van der Waals surface area contributed by atoms with E-state index in [1.165, 1.54) is 0 Å². The summed E-state index contributed by atoms with van der Waals surface area (Å²) in [5, 5.41) is 12.1. The third-order valence-corrected chi connectivity index (χ3v) is 3.58. The normalized spacial score (nSPS) is 17.4. The molecule has 1 fully saturated rings. The number of ether oxygens (including phenoxy) is 1. The minimum absolute atomic E-state index is 0.192. The molecule has 1 heterocycles. The standard InChI is InChI=1S/C15H19NO4/c1-11-3-2-4-12(9-11)10-13(17)16-15(14(18)19)5-7-20-8-6-15/h2-4,9H,5-8,10H2,1H3,(H,16,17)(H,18,19). The molecule has 0 atom stereocenters. The number of carboxylic acid groups (broad SMARTS) is 1. The quantitative estimate of drug-likeness (QED) is 0.869. The van der Waals surface area contributed by atoms with Crippen LogP contribution in [0.2, 0.25) is 0 Å². The molecule has 0 radical (unpaired) electrons. The number of aryl methyl sites for hydroxylation is 1. The van der Waals surface area contributed by atoms with E-state index in [0.717, 1.165) is 11.1 Å². The van der Waals surface area contributed by atoms with Crippen LogP contribution in [0.25, 0.3) is 0 Å². The van der Waals surface area contributed by atoms with Gasteiger partial charge in [-0.1, -0.05) is 29.8 Å². The first kappa shape index (κ1) is 14.5. The Labute approximate surface area is 117 Å². The molecule has 1 aliphatic heterocycles. The van der Waals surface area contributed by atoms with Crippen molar-refractivity contribution in [1.29, 1.82) is 0 Å². The molecule has 108 valence electrons. The molecule has 2 rings (SSSR count). The first-order valence-electron chi connectivity index (χ1n) is 6.69. The summed E-state index contributed by atoms with van der Waals surface area (Å²) in [7, 11) is 0. The molecule has 20 heavy (non-hydrogen) atoms. The Kier molecular flexibility index (Phi) is 4.39. The summed E-state index contributed by atoms with van der Waals surface area (Å²) in [5.74, 6) is -1.25. The van der Waals surface area contributed by atoms with Crippen LogP contribution < -0.4 is 5.32 Å². The van der Waals surface area contributed by atoms with E-state index in [9.17, 15) is 14.7 Å². The summed E-state index contributed by atoms with van der Waals surface area (Å²) in [4.78, 5) is 23.5. The van der Waals surface area contributed by atoms with Crippen LogP contribution in [0.15, 0.2) is 24.3 Å². The predicted molar refractivity (Wildman–Crippen MR) is 73.4 cm³/mol. The minimum Gasteiger partial charge on any atom is -0.480 e. The van der Waals surface area contributed by atoms with E-state index in [4.69, 9.17) is 4.74 Å². The molecule has 1 aromatic rings. The largest absolute Gasteiger partial charge is 0.480 e. The van der Waals surface area contributed by atoms with E-state index in [-0.39, 0.29) is 12.3 Å². The Morgan fingerprint density at radius 2 is 2.05 bits per heavy atom. The molecule has 0 bridgehead atoms. The van der Waals surface area contributed by atoms with Crippen LogP contribution in [0, 0.1) is 6.92 Å². The average molecular weight is 277 g/mol. The number of rotatable bonds is 4. The number of carboxylic acids is 1. The van der Waals surface area contributed by atoms with Gasteiger partial charge < -0.3 is 15.2 Å². The van der Waals surface area contributed by atoms with Gasteiger partial charge in [-0.15, -0.1) is 0 Å². The Morgan fingerprint density at radius 1 is 1.35 bits per heavy atom. The highest BCUT2D eigenvalue weighted by atomic mass is 16.5. The lowest BCUT2D eigenvalue weighted by molar-refractivity contribution is -0.152. The molecule has 1 amide bonds. The molecule has 2 N–H and O–H groups in total. The monoisotopic (exact) mass is 277 g/mol. The summed E-state index contributed by atoms with van der Waals surface area (Å²) in [6.07, 6.45) is 0.807. The van der Waals surface area contributed by atoms with Crippen LogP contribution >= 0.6 is 0 Å². The maximum atomic E-state index is 12.1. The topological polar surface area (TPSA) is 75.6 Å². The van der Waals surface area contributed by atoms with Crippen LogP contribution in [0.4, 0.5) is 0 Å². The van der Waals surface area contributed by atoms with Crippen LogP contribution in [0.5, 0.6) is 0 Å². The van der Waals surface area contributed by atoms with Gasteiger partial charge in [-0.05, 0) is 12.5 Å². The molecule has 5 heteroatoms. The summed E-state index contributed by atoms with van der Waals surface area (Å²) >= 11 is 0. The fourth-order valence-electron chi connectivity index (χ4n) is 2.43. The van der Waals surface area contributed by atoms with Gasteiger partial charge in [0.2, 0.25) is 5.91 Å². The van der Waals surface area contributed by atoms with Crippen LogP contribution in [0.3, 0.4) is 0 Å². The number of hydrogen-bond acceptors (Lipinski definition) is 3. The third kappa shape index (κ3) is 3.36. The van der Waals surface area contributed by atoms with Gasteiger partial charge in [0.1, 0.15) is 5.54 Å². The Hall–Kier alpha value is -1.88. The van der Waals surface area contributed by atoms with Crippen molar-refractivity contribution in [2.24, 2.45) is 0 Å². The fraction of sp³-hybridized carbons (Fsp3) is 0.467. The Morgan fingerprint density at radius 3 is 2.65 bits per heavy atom. The number of amides is 1. The predicted octanol–water partition coefficient (Wildman–Crippen LogP) is 1.29. The zero-order chi connectivity index (χ0) is 14.6. The second-order valence-electron chi connectivity index (χ2n) is 5.21. The fourth-order valence-corrected chi connectivity index (χ4v) is 2.43. The lowest BCUT2D eigenvalue weighted by Gasteiger charge is -2.33. The average Bonchev–Trinajstić information content (AvgIpc) is 2.39. The number of aliphatic carboxylic acids is 1. The van der Waals surface area contributed by atoms with Gasteiger partial charge in [0.05, 0.1) is 6.42 Å². The summed E-state index contributed by atoms with van der Waals surface area (Å²) in [6, 6.07) is 7.64. The lowest BCUT2D eigenvalue weighted by Crippen LogP contribution is -2.57. The Balaban J connectivity index is 2.03. The molecule has 1 aliphatic rings. The first-order chi connectivity index (χ1) is 9.52. The van der Waals surface area contributed by atoms with Crippen molar-refractivity contribution in [1.82, 2.24) is 5.32 Å². The van der Waals surface area contributed by atoms with Crippen molar-refractivity contribution in [2.45, 2.75) is 31.7 Å². The van der Waals surface area contributed by atoms with Gasteiger partial charge in [-0.2, -0.15) is 0 Å².